The topological polar surface area (TPSA) is 97.7 Å². The maximum absolute atomic E-state index is 12.5. The van der Waals surface area contributed by atoms with Crippen LogP contribution in [0.5, 0.6) is 0 Å². The summed E-state index contributed by atoms with van der Waals surface area (Å²) in [6.45, 7) is 0. The molecule has 0 amide bonds. The zero-order chi connectivity index (χ0) is 18.7. The molecule has 0 aliphatic heterocycles. The fourth-order valence-corrected chi connectivity index (χ4v) is 2.68. The number of aryl methyl sites for hydroxylation is 1. The third kappa shape index (κ3) is 3.23. The van der Waals surface area contributed by atoms with E-state index in [1.54, 1.807) is 23.8 Å². The fourth-order valence-electron chi connectivity index (χ4n) is 2.68. The standard InChI is InChI=1S/C19H15N3O4/c1-21-18-5-3-2-4-14(18)12-15(19(21)23)8-11-17(20-24)13-6-9-16(10-7-13)22(25)26/h2-12,24H,1H3/b11-8+,20-17+. The number of allylic oxidation sites excluding steroid dienone is 1. The summed E-state index contributed by atoms with van der Waals surface area (Å²) in [5.74, 6) is 0. The Morgan fingerprint density at radius 2 is 1.88 bits per heavy atom. The minimum atomic E-state index is -0.506. The summed E-state index contributed by atoms with van der Waals surface area (Å²) in [4.78, 5) is 22.7. The van der Waals surface area contributed by atoms with Crippen molar-refractivity contribution in [2.24, 2.45) is 12.2 Å². The second-order valence-electron chi connectivity index (χ2n) is 5.65. The van der Waals surface area contributed by atoms with Crippen LogP contribution in [0.2, 0.25) is 0 Å². The highest BCUT2D eigenvalue weighted by Gasteiger charge is 2.08. The Balaban J connectivity index is 1.97. The molecule has 26 heavy (non-hydrogen) atoms. The van der Waals surface area contributed by atoms with Crippen molar-refractivity contribution in [3.05, 3.63) is 92.3 Å². The van der Waals surface area contributed by atoms with Crippen LogP contribution >= 0.6 is 0 Å². The molecule has 0 saturated heterocycles. The van der Waals surface area contributed by atoms with Crippen molar-refractivity contribution in [1.82, 2.24) is 4.57 Å². The average Bonchev–Trinajstić information content (AvgIpc) is 2.66. The van der Waals surface area contributed by atoms with Gasteiger partial charge in [0, 0.05) is 30.3 Å². The fraction of sp³-hybridized carbons (Fsp3) is 0.0526. The van der Waals surface area contributed by atoms with Gasteiger partial charge in [-0.05, 0) is 41.8 Å². The third-order valence-electron chi connectivity index (χ3n) is 4.06. The second kappa shape index (κ2) is 7.02. The lowest BCUT2D eigenvalue weighted by molar-refractivity contribution is -0.384. The van der Waals surface area contributed by atoms with Gasteiger partial charge in [0.05, 0.1) is 10.4 Å². The second-order valence-corrected chi connectivity index (χ2v) is 5.65. The first-order valence-corrected chi connectivity index (χ1v) is 7.75. The number of benzene rings is 2. The summed E-state index contributed by atoms with van der Waals surface area (Å²) in [6.07, 6.45) is 3.05. The molecule has 3 rings (SSSR count). The van der Waals surface area contributed by atoms with Crippen molar-refractivity contribution in [1.29, 1.82) is 0 Å². The Kier molecular flexibility index (Phi) is 4.62. The molecule has 1 aromatic heterocycles. The molecule has 1 N–H and O–H groups in total. The molecule has 0 spiro atoms. The van der Waals surface area contributed by atoms with Crippen LogP contribution in [0.15, 0.2) is 70.6 Å². The van der Waals surface area contributed by atoms with E-state index >= 15 is 0 Å². The summed E-state index contributed by atoms with van der Waals surface area (Å²) in [6, 6.07) is 14.9. The van der Waals surface area contributed by atoms with E-state index in [0.29, 0.717) is 11.1 Å². The number of fused-ring (bicyclic) bond motifs is 1. The molecule has 0 saturated carbocycles. The largest absolute Gasteiger partial charge is 0.410 e. The van der Waals surface area contributed by atoms with E-state index in [1.165, 1.54) is 30.3 Å². The van der Waals surface area contributed by atoms with Gasteiger partial charge in [0.2, 0.25) is 0 Å². The molecule has 0 aliphatic rings. The van der Waals surface area contributed by atoms with Gasteiger partial charge in [-0.1, -0.05) is 23.4 Å². The van der Waals surface area contributed by atoms with E-state index in [-0.39, 0.29) is 17.0 Å². The molecule has 2 aromatic carbocycles. The smallest absolute Gasteiger partial charge is 0.269 e. The summed E-state index contributed by atoms with van der Waals surface area (Å²) < 4.78 is 1.55. The lowest BCUT2D eigenvalue weighted by Crippen LogP contribution is -2.19. The molecular weight excluding hydrogens is 334 g/mol. The first-order valence-electron chi connectivity index (χ1n) is 7.75. The van der Waals surface area contributed by atoms with Gasteiger partial charge in [0.15, 0.2) is 0 Å². The molecule has 0 unspecified atom stereocenters. The maximum atomic E-state index is 12.5. The lowest BCUT2D eigenvalue weighted by Gasteiger charge is -2.06. The number of nitro benzene ring substituents is 1. The Labute approximate surface area is 148 Å². The van der Waals surface area contributed by atoms with Crippen molar-refractivity contribution < 1.29 is 10.1 Å². The van der Waals surface area contributed by atoms with E-state index < -0.39 is 4.92 Å². The molecule has 0 atom stereocenters. The van der Waals surface area contributed by atoms with Crippen LogP contribution in [0, 0.1) is 10.1 Å². The van der Waals surface area contributed by atoms with Gasteiger partial charge in [-0.2, -0.15) is 0 Å². The van der Waals surface area contributed by atoms with Gasteiger partial charge in [-0.25, -0.2) is 0 Å². The van der Waals surface area contributed by atoms with Crippen LogP contribution in [-0.2, 0) is 7.05 Å². The summed E-state index contributed by atoms with van der Waals surface area (Å²) in [5.41, 5.74) is 1.71. The molecule has 0 fully saturated rings. The van der Waals surface area contributed by atoms with Crippen LogP contribution in [0.4, 0.5) is 5.69 Å². The summed E-state index contributed by atoms with van der Waals surface area (Å²) in [5, 5.41) is 24.1. The normalized spacial score (nSPS) is 12.0. The van der Waals surface area contributed by atoms with Crippen LogP contribution in [0.25, 0.3) is 17.0 Å². The highest BCUT2D eigenvalue weighted by Crippen LogP contribution is 2.15. The van der Waals surface area contributed by atoms with Gasteiger partial charge in [0.1, 0.15) is 5.71 Å². The van der Waals surface area contributed by atoms with Crippen LogP contribution < -0.4 is 5.56 Å². The zero-order valence-electron chi connectivity index (χ0n) is 13.9. The highest BCUT2D eigenvalue weighted by molar-refractivity contribution is 6.10. The van der Waals surface area contributed by atoms with E-state index in [4.69, 9.17) is 0 Å². The first kappa shape index (κ1) is 17.1. The van der Waals surface area contributed by atoms with E-state index in [9.17, 15) is 20.1 Å². The van der Waals surface area contributed by atoms with Crippen molar-refractivity contribution >= 4 is 28.4 Å². The van der Waals surface area contributed by atoms with E-state index in [1.807, 2.05) is 24.3 Å². The molecule has 0 aliphatic carbocycles. The number of para-hydroxylation sites is 1. The molecule has 3 aromatic rings. The Morgan fingerprint density at radius 3 is 2.54 bits per heavy atom. The number of non-ortho nitro benzene ring substituents is 1. The summed E-state index contributed by atoms with van der Waals surface area (Å²) >= 11 is 0. The van der Waals surface area contributed by atoms with Crippen molar-refractivity contribution in [2.45, 2.75) is 0 Å². The first-order chi connectivity index (χ1) is 12.5. The van der Waals surface area contributed by atoms with Crippen molar-refractivity contribution in [2.75, 3.05) is 0 Å². The van der Waals surface area contributed by atoms with Crippen molar-refractivity contribution in [3.63, 3.8) is 0 Å². The molecule has 7 heteroatoms. The monoisotopic (exact) mass is 349 g/mol. The van der Waals surface area contributed by atoms with Gasteiger partial charge in [-0.3, -0.25) is 14.9 Å². The number of nitrogens with zero attached hydrogens (tertiary/aromatic N) is 3. The molecule has 130 valence electrons. The van der Waals surface area contributed by atoms with Crippen LogP contribution in [-0.4, -0.2) is 20.4 Å². The van der Waals surface area contributed by atoms with Gasteiger partial charge in [-0.15, -0.1) is 0 Å². The van der Waals surface area contributed by atoms with Gasteiger partial charge >= 0.3 is 0 Å². The minimum absolute atomic E-state index is 0.0570. The number of oxime groups is 1. The van der Waals surface area contributed by atoms with E-state index in [2.05, 4.69) is 5.16 Å². The number of pyridine rings is 1. The number of aromatic nitrogens is 1. The average molecular weight is 349 g/mol. The minimum Gasteiger partial charge on any atom is -0.410 e. The quantitative estimate of drug-likeness (QED) is 0.338. The molecule has 0 radical (unpaired) electrons. The molecule has 0 bridgehead atoms. The zero-order valence-corrected chi connectivity index (χ0v) is 13.9. The lowest BCUT2D eigenvalue weighted by atomic mass is 10.1. The van der Waals surface area contributed by atoms with E-state index in [0.717, 1.165) is 10.9 Å². The van der Waals surface area contributed by atoms with Crippen molar-refractivity contribution in [3.8, 4) is 0 Å². The summed E-state index contributed by atoms with van der Waals surface area (Å²) in [7, 11) is 1.69. The number of nitro groups is 1. The van der Waals surface area contributed by atoms with Gasteiger partial charge in [0.25, 0.3) is 11.2 Å². The third-order valence-corrected chi connectivity index (χ3v) is 4.06. The van der Waals surface area contributed by atoms with Gasteiger partial charge < -0.3 is 9.77 Å². The SMILES string of the molecule is Cn1c(=O)c(/C=C/C(=N\O)c2ccc([N+](=O)[O-])cc2)cc2ccccc21. The number of hydrogen-bond donors (Lipinski definition) is 1. The van der Waals surface area contributed by atoms with Crippen LogP contribution in [0.3, 0.4) is 0 Å². The molecule has 7 nitrogen and oxygen atoms in total. The Morgan fingerprint density at radius 1 is 1.19 bits per heavy atom. The maximum Gasteiger partial charge on any atom is 0.269 e. The highest BCUT2D eigenvalue weighted by atomic mass is 16.6. The predicted octanol–water partition coefficient (Wildman–Crippen LogP) is 3.34. The Hall–Kier alpha value is -3.74. The number of rotatable bonds is 4. The van der Waals surface area contributed by atoms with Crippen LogP contribution in [0.1, 0.15) is 11.1 Å². The molecule has 1 heterocycles. The molecular formula is C19H15N3O4. The Bertz CT molecular complexity index is 1100. The number of hydrogen-bond acceptors (Lipinski definition) is 5. The predicted molar refractivity (Wildman–Crippen MR) is 99.6 cm³/mol.